The molecule has 1 aliphatic rings. The number of amides is 1. The van der Waals surface area contributed by atoms with Crippen molar-refractivity contribution in [3.63, 3.8) is 0 Å². The summed E-state index contributed by atoms with van der Waals surface area (Å²) < 4.78 is 5.72. The number of aryl methyl sites for hydroxylation is 1. The summed E-state index contributed by atoms with van der Waals surface area (Å²) in [5.41, 5.74) is 2.16. The minimum absolute atomic E-state index is 0.0852. The fourth-order valence-electron chi connectivity index (χ4n) is 4.19. The third-order valence-electron chi connectivity index (χ3n) is 6.07. The van der Waals surface area contributed by atoms with E-state index in [9.17, 15) is 24.8 Å². The summed E-state index contributed by atoms with van der Waals surface area (Å²) in [6, 6.07) is 18.7. The molecule has 0 saturated carbocycles. The molecule has 3 aromatic carbocycles. The van der Waals surface area contributed by atoms with Gasteiger partial charge in [-0.25, -0.2) is 0 Å². The molecule has 184 valence electrons. The molecular weight excluding hydrogens is 460 g/mol. The summed E-state index contributed by atoms with van der Waals surface area (Å²) in [6.45, 7) is 4.52. The highest BCUT2D eigenvalue weighted by atomic mass is 16.6. The van der Waals surface area contributed by atoms with Crippen molar-refractivity contribution in [2.75, 3.05) is 11.5 Å². The molecule has 0 radical (unpaired) electrons. The van der Waals surface area contributed by atoms with E-state index in [1.54, 1.807) is 24.3 Å². The predicted octanol–water partition coefficient (Wildman–Crippen LogP) is 5.57. The zero-order chi connectivity index (χ0) is 25.8. The number of non-ortho nitro benzene ring substituents is 1. The number of ether oxygens (including phenoxy) is 1. The van der Waals surface area contributed by atoms with Crippen LogP contribution in [0.25, 0.3) is 5.76 Å². The van der Waals surface area contributed by atoms with Crippen LogP contribution in [0.2, 0.25) is 0 Å². The van der Waals surface area contributed by atoms with Crippen LogP contribution in [0, 0.1) is 10.1 Å². The zero-order valence-corrected chi connectivity index (χ0v) is 20.0. The normalized spacial score (nSPS) is 16.8. The van der Waals surface area contributed by atoms with Gasteiger partial charge in [-0.15, -0.1) is 0 Å². The number of ketones is 1. The SMILES string of the molecule is CCCOc1cccc(N2C(=O)C(=O)/C(=C(/O)c3ccc([N+](=O)[O-])cc3)C2c2ccc(CC)cc2)c1. The molecule has 36 heavy (non-hydrogen) atoms. The molecule has 0 bridgehead atoms. The van der Waals surface area contributed by atoms with Gasteiger partial charge >= 0.3 is 0 Å². The number of Topliss-reactive ketones (excluding diaryl/α,β-unsaturated/α-hetero) is 1. The third-order valence-corrected chi connectivity index (χ3v) is 6.07. The maximum Gasteiger partial charge on any atom is 0.300 e. The number of nitro benzene ring substituents is 1. The Morgan fingerprint density at radius 1 is 1.03 bits per heavy atom. The molecule has 1 aliphatic heterocycles. The number of rotatable bonds is 8. The Bertz CT molecular complexity index is 1330. The van der Waals surface area contributed by atoms with Gasteiger partial charge in [-0.2, -0.15) is 0 Å². The lowest BCUT2D eigenvalue weighted by atomic mass is 9.94. The molecule has 3 aromatic rings. The molecule has 1 saturated heterocycles. The molecule has 4 rings (SSSR count). The lowest BCUT2D eigenvalue weighted by molar-refractivity contribution is -0.384. The standard InChI is InChI=1S/C28H26N2O6/c1-3-16-36-23-7-5-6-22(17-23)29-25(19-10-8-18(4-2)9-11-19)24(27(32)28(29)33)26(31)20-12-14-21(15-13-20)30(34)35/h5-15,17,25,31H,3-4,16H2,1-2H3/b26-24+. The van der Waals surface area contributed by atoms with Crippen molar-refractivity contribution in [3.8, 4) is 5.75 Å². The van der Waals surface area contributed by atoms with Gasteiger partial charge in [0.05, 0.1) is 23.1 Å². The second kappa shape index (κ2) is 10.4. The van der Waals surface area contributed by atoms with E-state index in [1.165, 1.54) is 29.2 Å². The molecule has 0 aliphatic carbocycles. The summed E-state index contributed by atoms with van der Waals surface area (Å²) in [5, 5.41) is 22.2. The number of carbonyl (C=O) groups is 2. The molecule has 0 spiro atoms. The van der Waals surface area contributed by atoms with Crippen molar-refractivity contribution >= 4 is 28.8 Å². The van der Waals surface area contributed by atoms with Gasteiger partial charge in [0.15, 0.2) is 0 Å². The summed E-state index contributed by atoms with van der Waals surface area (Å²) in [6.07, 6.45) is 1.63. The maximum absolute atomic E-state index is 13.3. The maximum atomic E-state index is 13.3. The van der Waals surface area contributed by atoms with Crippen LogP contribution in [0.15, 0.2) is 78.4 Å². The minimum Gasteiger partial charge on any atom is -0.507 e. The first-order chi connectivity index (χ1) is 17.3. The lowest BCUT2D eigenvalue weighted by Crippen LogP contribution is -2.29. The van der Waals surface area contributed by atoms with Crippen LogP contribution in [-0.4, -0.2) is 28.3 Å². The lowest BCUT2D eigenvalue weighted by Gasteiger charge is -2.26. The molecule has 0 aromatic heterocycles. The van der Waals surface area contributed by atoms with Crippen molar-refractivity contribution in [2.24, 2.45) is 0 Å². The predicted molar refractivity (Wildman–Crippen MR) is 136 cm³/mol. The second-order valence-electron chi connectivity index (χ2n) is 8.41. The summed E-state index contributed by atoms with van der Waals surface area (Å²) in [7, 11) is 0. The number of carbonyl (C=O) groups excluding carboxylic acids is 2. The van der Waals surface area contributed by atoms with Crippen LogP contribution >= 0.6 is 0 Å². The average Bonchev–Trinajstić information content (AvgIpc) is 3.17. The van der Waals surface area contributed by atoms with Gasteiger partial charge in [-0.1, -0.05) is 44.2 Å². The highest BCUT2D eigenvalue weighted by Crippen LogP contribution is 2.43. The van der Waals surface area contributed by atoms with E-state index in [2.05, 4.69) is 0 Å². The van der Waals surface area contributed by atoms with Gasteiger partial charge in [0, 0.05) is 29.4 Å². The second-order valence-corrected chi connectivity index (χ2v) is 8.41. The number of benzene rings is 3. The Balaban J connectivity index is 1.87. The van der Waals surface area contributed by atoms with Crippen molar-refractivity contribution in [1.29, 1.82) is 0 Å². The molecular formula is C28H26N2O6. The van der Waals surface area contributed by atoms with E-state index >= 15 is 0 Å². The van der Waals surface area contributed by atoms with Crippen LogP contribution in [0.5, 0.6) is 5.75 Å². The van der Waals surface area contributed by atoms with Crippen LogP contribution in [-0.2, 0) is 16.0 Å². The molecule has 1 unspecified atom stereocenters. The fraction of sp³-hybridized carbons (Fsp3) is 0.214. The number of anilines is 1. The quantitative estimate of drug-likeness (QED) is 0.146. The minimum atomic E-state index is -0.896. The Morgan fingerprint density at radius 2 is 1.72 bits per heavy atom. The summed E-state index contributed by atoms with van der Waals surface area (Å²) >= 11 is 0. The van der Waals surface area contributed by atoms with Crippen molar-refractivity contribution in [2.45, 2.75) is 32.7 Å². The van der Waals surface area contributed by atoms with E-state index in [0.717, 1.165) is 18.4 Å². The number of nitrogens with zero attached hydrogens (tertiary/aromatic N) is 2. The van der Waals surface area contributed by atoms with Crippen LogP contribution < -0.4 is 9.64 Å². The first-order valence-electron chi connectivity index (χ1n) is 11.7. The van der Waals surface area contributed by atoms with Crippen LogP contribution in [0.4, 0.5) is 11.4 Å². The van der Waals surface area contributed by atoms with Crippen LogP contribution in [0.1, 0.15) is 43.0 Å². The van der Waals surface area contributed by atoms with E-state index in [4.69, 9.17) is 4.74 Å². The van der Waals surface area contributed by atoms with Gasteiger partial charge in [-0.05, 0) is 48.2 Å². The molecule has 1 amide bonds. The third kappa shape index (κ3) is 4.70. The Labute approximate surface area is 208 Å². The van der Waals surface area contributed by atoms with Gasteiger partial charge in [-0.3, -0.25) is 24.6 Å². The molecule has 8 nitrogen and oxygen atoms in total. The Kier molecular flexibility index (Phi) is 7.15. The number of aliphatic hydroxyl groups is 1. The Hall–Kier alpha value is -4.46. The summed E-state index contributed by atoms with van der Waals surface area (Å²) in [4.78, 5) is 38.5. The fourth-order valence-corrected chi connectivity index (χ4v) is 4.19. The molecule has 1 heterocycles. The zero-order valence-electron chi connectivity index (χ0n) is 20.0. The highest BCUT2D eigenvalue weighted by Gasteiger charge is 2.47. The highest BCUT2D eigenvalue weighted by molar-refractivity contribution is 6.51. The number of hydrogen-bond donors (Lipinski definition) is 1. The number of aliphatic hydroxyl groups excluding tert-OH is 1. The molecule has 8 heteroatoms. The van der Waals surface area contributed by atoms with Crippen molar-refractivity contribution in [3.05, 3.63) is 105 Å². The van der Waals surface area contributed by atoms with E-state index in [-0.39, 0.29) is 16.8 Å². The average molecular weight is 487 g/mol. The van der Waals surface area contributed by atoms with E-state index in [0.29, 0.717) is 23.6 Å². The van der Waals surface area contributed by atoms with E-state index < -0.39 is 28.4 Å². The van der Waals surface area contributed by atoms with Crippen LogP contribution in [0.3, 0.4) is 0 Å². The first-order valence-corrected chi connectivity index (χ1v) is 11.7. The summed E-state index contributed by atoms with van der Waals surface area (Å²) in [5.74, 6) is -1.45. The largest absolute Gasteiger partial charge is 0.507 e. The van der Waals surface area contributed by atoms with E-state index in [1.807, 2.05) is 38.1 Å². The molecule has 1 N–H and O–H groups in total. The van der Waals surface area contributed by atoms with Crippen molar-refractivity contribution in [1.82, 2.24) is 0 Å². The van der Waals surface area contributed by atoms with Gasteiger partial charge < -0.3 is 9.84 Å². The van der Waals surface area contributed by atoms with Gasteiger partial charge in [0.25, 0.3) is 17.4 Å². The number of nitro groups is 1. The molecule has 1 fully saturated rings. The van der Waals surface area contributed by atoms with Gasteiger partial charge in [0.2, 0.25) is 0 Å². The monoisotopic (exact) mass is 486 g/mol. The smallest absolute Gasteiger partial charge is 0.300 e. The molecule has 1 atom stereocenters. The van der Waals surface area contributed by atoms with Gasteiger partial charge in [0.1, 0.15) is 11.5 Å². The Morgan fingerprint density at radius 3 is 2.33 bits per heavy atom. The topological polar surface area (TPSA) is 110 Å². The number of hydrogen-bond acceptors (Lipinski definition) is 6. The first kappa shape index (κ1) is 24.7. The van der Waals surface area contributed by atoms with Crippen molar-refractivity contribution < 1.29 is 24.4 Å².